The summed E-state index contributed by atoms with van der Waals surface area (Å²) in [5, 5.41) is 5.08. The van der Waals surface area contributed by atoms with Gasteiger partial charge in [-0.05, 0) is 49.9 Å². The minimum Gasteiger partial charge on any atom is -0.353 e. The van der Waals surface area contributed by atoms with Crippen molar-refractivity contribution in [3.8, 4) is 11.4 Å². The van der Waals surface area contributed by atoms with Crippen molar-refractivity contribution in [3.63, 3.8) is 0 Å². The molecule has 1 saturated carbocycles. The number of aryl methyl sites for hydroxylation is 2. The Bertz CT molecular complexity index is 1030. The van der Waals surface area contributed by atoms with Crippen LogP contribution in [0, 0.1) is 6.92 Å². The van der Waals surface area contributed by atoms with Gasteiger partial charge in [-0.3, -0.25) is 4.79 Å². The minimum absolute atomic E-state index is 0.0948. The van der Waals surface area contributed by atoms with Crippen LogP contribution in [0.5, 0.6) is 0 Å². The molecule has 0 spiro atoms. The maximum Gasteiger partial charge on any atom is 0.230 e. The van der Waals surface area contributed by atoms with Crippen molar-refractivity contribution in [2.75, 3.05) is 5.75 Å². The zero-order valence-electron chi connectivity index (χ0n) is 17.1. The SMILES string of the molecule is CCc1ccc2nc(-c3cccc(C)c3)nc(SCC(=O)NC3CCCC3)c2c1. The Balaban J connectivity index is 1.64. The third kappa shape index (κ3) is 4.78. The first kappa shape index (κ1) is 19.9. The van der Waals surface area contributed by atoms with Crippen LogP contribution in [0.15, 0.2) is 47.5 Å². The van der Waals surface area contributed by atoms with Crippen LogP contribution >= 0.6 is 11.8 Å². The molecule has 0 saturated heterocycles. The highest BCUT2D eigenvalue weighted by atomic mass is 32.2. The highest BCUT2D eigenvalue weighted by Gasteiger charge is 2.18. The molecule has 1 fully saturated rings. The van der Waals surface area contributed by atoms with Crippen LogP contribution in [0.25, 0.3) is 22.3 Å². The van der Waals surface area contributed by atoms with Crippen molar-refractivity contribution in [1.29, 1.82) is 0 Å². The summed E-state index contributed by atoms with van der Waals surface area (Å²) in [7, 11) is 0. The van der Waals surface area contributed by atoms with Crippen molar-refractivity contribution < 1.29 is 4.79 Å². The molecule has 1 aromatic heterocycles. The number of hydrogen-bond donors (Lipinski definition) is 1. The van der Waals surface area contributed by atoms with E-state index in [1.54, 1.807) is 0 Å². The predicted octanol–water partition coefficient (Wildman–Crippen LogP) is 5.32. The van der Waals surface area contributed by atoms with E-state index in [2.05, 4.69) is 49.5 Å². The fraction of sp³-hybridized carbons (Fsp3) is 0.375. The highest BCUT2D eigenvalue weighted by molar-refractivity contribution is 8.00. The summed E-state index contributed by atoms with van der Waals surface area (Å²) >= 11 is 1.51. The smallest absolute Gasteiger partial charge is 0.230 e. The van der Waals surface area contributed by atoms with E-state index in [4.69, 9.17) is 9.97 Å². The molecule has 3 aromatic rings. The van der Waals surface area contributed by atoms with Crippen LogP contribution < -0.4 is 5.32 Å². The molecule has 1 amide bonds. The molecular weight excluding hydrogens is 378 g/mol. The lowest BCUT2D eigenvalue weighted by Gasteiger charge is -2.13. The maximum absolute atomic E-state index is 12.5. The van der Waals surface area contributed by atoms with Gasteiger partial charge in [0.1, 0.15) is 5.03 Å². The second-order valence-electron chi connectivity index (χ2n) is 7.76. The Labute approximate surface area is 176 Å². The van der Waals surface area contributed by atoms with Gasteiger partial charge in [0.15, 0.2) is 5.82 Å². The van der Waals surface area contributed by atoms with Gasteiger partial charge in [0, 0.05) is 17.0 Å². The lowest BCUT2D eigenvalue weighted by Crippen LogP contribution is -2.33. The summed E-state index contributed by atoms with van der Waals surface area (Å²) in [6.07, 6.45) is 5.60. The molecule has 150 valence electrons. The Hall–Kier alpha value is -2.40. The van der Waals surface area contributed by atoms with Crippen LogP contribution in [-0.4, -0.2) is 27.7 Å². The fourth-order valence-electron chi connectivity index (χ4n) is 3.86. The summed E-state index contributed by atoms with van der Waals surface area (Å²) in [6, 6.07) is 14.9. The summed E-state index contributed by atoms with van der Waals surface area (Å²) in [5.41, 5.74) is 4.36. The number of carbonyl (C=O) groups is 1. The number of fused-ring (bicyclic) bond motifs is 1. The first-order chi connectivity index (χ1) is 14.1. The predicted molar refractivity (Wildman–Crippen MR) is 120 cm³/mol. The molecule has 1 heterocycles. The van der Waals surface area contributed by atoms with Gasteiger partial charge < -0.3 is 5.32 Å². The zero-order valence-corrected chi connectivity index (χ0v) is 17.9. The average molecular weight is 406 g/mol. The number of rotatable bonds is 6. The van der Waals surface area contributed by atoms with E-state index in [-0.39, 0.29) is 5.91 Å². The van der Waals surface area contributed by atoms with Crippen LogP contribution in [-0.2, 0) is 11.2 Å². The molecule has 1 aliphatic rings. The molecule has 5 heteroatoms. The van der Waals surface area contributed by atoms with Crippen LogP contribution in [0.2, 0.25) is 0 Å². The van der Waals surface area contributed by atoms with Gasteiger partial charge in [-0.2, -0.15) is 0 Å². The highest BCUT2D eigenvalue weighted by Crippen LogP contribution is 2.30. The topological polar surface area (TPSA) is 54.9 Å². The van der Waals surface area contributed by atoms with Gasteiger partial charge in [0.2, 0.25) is 5.91 Å². The van der Waals surface area contributed by atoms with E-state index in [1.807, 2.05) is 12.1 Å². The number of hydrogen-bond acceptors (Lipinski definition) is 4. The fourth-order valence-corrected chi connectivity index (χ4v) is 4.69. The molecule has 4 rings (SSSR count). The minimum atomic E-state index is 0.0948. The van der Waals surface area contributed by atoms with E-state index in [1.165, 1.54) is 35.7 Å². The first-order valence-corrected chi connectivity index (χ1v) is 11.4. The summed E-state index contributed by atoms with van der Waals surface area (Å²) < 4.78 is 0. The molecule has 1 N–H and O–H groups in total. The molecule has 0 atom stereocenters. The van der Waals surface area contributed by atoms with E-state index < -0.39 is 0 Å². The third-order valence-corrected chi connectivity index (χ3v) is 6.46. The van der Waals surface area contributed by atoms with Crippen molar-refractivity contribution in [1.82, 2.24) is 15.3 Å². The molecule has 1 aliphatic carbocycles. The zero-order chi connectivity index (χ0) is 20.2. The molecule has 0 bridgehead atoms. The Morgan fingerprint density at radius 3 is 2.72 bits per heavy atom. The van der Waals surface area contributed by atoms with Crippen molar-refractivity contribution in [3.05, 3.63) is 53.6 Å². The van der Waals surface area contributed by atoms with Gasteiger partial charge in [-0.15, -0.1) is 0 Å². The number of nitrogens with one attached hydrogen (secondary N) is 1. The van der Waals surface area contributed by atoms with E-state index >= 15 is 0 Å². The van der Waals surface area contributed by atoms with Gasteiger partial charge in [0.25, 0.3) is 0 Å². The molecule has 0 unspecified atom stereocenters. The second-order valence-corrected chi connectivity index (χ2v) is 8.73. The van der Waals surface area contributed by atoms with E-state index in [0.29, 0.717) is 17.6 Å². The number of amides is 1. The summed E-state index contributed by atoms with van der Waals surface area (Å²) in [5.74, 6) is 1.19. The van der Waals surface area contributed by atoms with Crippen LogP contribution in [0.4, 0.5) is 0 Å². The van der Waals surface area contributed by atoms with E-state index in [9.17, 15) is 4.79 Å². The number of carbonyl (C=O) groups excluding carboxylic acids is 1. The van der Waals surface area contributed by atoms with Crippen molar-refractivity contribution in [2.45, 2.75) is 57.0 Å². The molecule has 4 nitrogen and oxygen atoms in total. The van der Waals surface area contributed by atoms with Crippen LogP contribution in [0.1, 0.15) is 43.7 Å². The summed E-state index contributed by atoms with van der Waals surface area (Å²) in [4.78, 5) is 22.1. The average Bonchev–Trinajstić information content (AvgIpc) is 3.24. The van der Waals surface area contributed by atoms with Gasteiger partial charge in [0.05, 0.1) is 11.3 Å². The van der Waals surface area contributed by atoms with Gasteiger partial charge >= 0.3 is 0 Å². The maximum atomic E-state index is 12.5. The molecular formula is C24H27N3OS. The first-order valence-electron chi connectivity index (χ1n) is 10.4. The quantitative estimate of drug-likeness (QED) is 0.445. The number of benzene rings is 2. The van der Waals surface area contributed by atoms with Crippen LogP contribution in [0.3, 0.4) is 0 Å². The third-order valence-electron chi connectivity index (χ3n) is 5.47. The lowest BCUT2D eigenvalue weighted by atomic mass is 10.1. The largest absolute Gasteiger partial charge is 0.353 e. The van der Waals surface area contributed by atoms with E-state index in [0.717, 1.165) is 40.8 Å². The normalized spacial score (nSPS) is 14.4. The summed E-state index contributed by atoms with van der Waals surface area (Å²) in [6.45, 7) is 4.21. The molecule has 29 heavy (non-hydrogen) atoms. The Kier molecular flexibility index (Phi) is 6.14. The number of thioether (sulfide) groups is 1. The van der Waals surface area contributed by atoms with Gasteiger partial charge in [-0.1, -0.05) is 61.4 Å². The molecule has 0 aliphatic heterocycles. The van der Waals surface area contributed by atoms with Crippen molar-refractivity contribution in [2.24, 2.45) is 0 Å². The van der Waals surface area contributed by atoms with Gasteiger partial charge in [-0.25, -0.2) is 9.97 Å². The second kappa shape index (κ2) is 8.95. The Morgan fingerprint density at radius 2 is 1.97 bits per heavy atom. The number of aromatic nitrogens is 2. The standard InChI is InChI=1S/C24H27N3OS/c1-3-17-11-12-21-20(14-17)24(29-15-22(28)25-19-9-4-5-10-19)27-23(26-21)18-8-6-7-16(2)13-18/h6-8,11-14,19H,3-5,9-10,15H2,1-2H3,(H,25,28). The Morgan fingerprint density at radius 1 is 1.14 bits per heavy atom. The number of nitrogens with zero attached hydrogens (tertiary/aromatic N) is 2. The molecule has 2 aromatic carbocycles. The van der Waals surface area contributed by atoms with Crippen molar-refractivity contribution >= 4 is 28.6 Å². The monoisotopic (exact) mass is 405 g/mol. The molecule has 0 radical (unpaired) electrons. The lowest BCUT2D eigenvalue weighted by molar-refractivity contribution is -0.119.